The van der Waals surface area contributed by atoms with Gasteiger partial charge >= 0.3 is 0 Å². The zero-order valence-corrected chi connectivity index (χ0v) is 18.9. The molecule has 0 aromatic heterocycles. The van der Waals surface area contributed by atoms with E-state index in [0.29, 0.717) is 0 Å². The number of sulfonamides is 1. The van der Waals surface area contributed by atoms with Crippen LogP contribution in [-0.4, -0.2) is 39.5 Å². The highest BCUT2D eigenvalue weighted by atomic mass is 32.2. The first-order chi connectivity index (χ1) is 15.6. The summed E-state index contributed by atoms with van der Waals surface area (Å²) in [7, 11) is -3.52. The van der Waals surface area contributed by atoms with E-state index < -0.39 is 10.0 Å². The lowest BCUT2D eigenvalue weighted by Crippen LogP contribution is -2.42. The molecule has 1 fully saturated rings. The number of hydrogen-bond acceptors (Lipinski definition) is 4. The van der Waals surface area contributed by atoms with Crippen molar-refractivity contribution in [3.63, 3.8) is 0 Å². The lowest BCUT2D eigenvalue weighted by atomic mass is 10.0. The zero-order valence-electron chi connectivity index (χ0n) is 18.1. The van der Waals surface area contributed by atoms with Gasteiger partial charge in [0.05, 0.1) is 0 Å². The Hall–Kier alpha value is -2.77. The van der Waals surface area contributed by atoms with Crippen LogP contribution in [0.4, 0.5) is 0 Å². The molecule has 1 saturated heterocycles. The molecule has 0 bridgehead atoms. The minimum Gasteiger partial charge on any atom is -0.314 e. The van der Waals surface area contributed by atoms with Crippen molar-refractivity contribution in [2.75, 3.05) is 26.2 Å². The first kappa shape index (κ1) is 22.4. The van der Waals surface area contributed by atoms with Crippen LogP contribution in [0, 0.1) is 0 Å². The number of benzene rings is 3. The Morgan fingerprint density at radius 1 is 0.844 bits per heavy atom. The molecular weight excluding hydrogens is 418 g/mol. The minimum absolute atomic E-state index is 0.246. The van der Waals surface area contributed by atoms with Crippen LogP contribution in [0.1, 0.15) is 16.7 Å². The normalized spacial score (nSPS) is 15.2. The molecule has 0 aliphatic carbocycles. The Morgan fingerprint density at radius 2 is 1.50 bits per heavy atom. The van der Waals surface area contributed by atoms with Crippen molar-refractivity contribution < 1.29 is 8.42 Å². The van der Waals surface area contributed by atoms with Crippen molar-refractivity contribution in [3.8, 4) is 11.1 Å². The highest BCUT2D eigenvalue weighted by molar-refractivity contribution is 7.92. The van der Waals surface area contributed by atoms with Gasteiger partial charge in [-0.3, -0.25) is 4.90 Å². The SMILES string of the molecule is O=S(=O)(/C=C/c1ccccc1)NCc1cccc(-c2cccc(CN3CCNCC3)c2)c1. The van der Waals surface area contributed by atoms with Crippen molar-refractivity contribution in [1.29, 1.82) is 0 Å². The lowest BCUT2D eigenvalue weighted by Gasteiger charge is -2.27. The molecule has 2 N–H and O–H groups in total. The topological polar surface area (TPSA) is 61.4 Å². The van der Waals surface area contributed by atoms with E-state index in [1.165, 1.54) is 11.0 Å². The molecular formula is C26H29N3O2S. The van der Waals surface area contributed by atoms with E-state index in [2.05, 4.69) is 45.3 Å². The average molecular weight is 448 g/mol. The molecule has 3 aromatic carbocycles. The fraction of sp³-hybridized carbons (Fsp3) is 0.231. The standard InChI is InChI=1S/C26H29N3O2S/c30-32(31,17-12-22-6-2-1-3-7-22)28-20-23-8-4-10-25(18-23)26-11-5-9-24(19-26)21-29-15-13-27-14-16-29/h1-12,17-19,27-28H,13-16,20-21H2/b17-12+. The average Bonchev–Trinajstić information content (AvgIpc) is 2.83. The molecule has 3 aromatic rings. The summed E-state index contributed by atoms with van der Waals surface area (Å²) in [5.41, 5.74) is 5.30. The van der Waals surface area contributed by atoms with Crippen LogP contribution < -0.4 is 10.0 Å². The third-order valence-corrected chi connectivity index (χ3v) is 6.56. The van der Waals surface area contributed by atoms with Gasteiger partial charge in [0.2, 0.25) is 10.0 Å². The summed E-state index contributed by atoms with van der Waals surface area (Å²) < 4.78 is 27.4. The van der Waals surface area contributed by atoms with Crippen LogP contribution in [0.25, 0.3) is 17.2 Å². The summed E-state index contributed by atoms with van der Waals surface area (Å²) in [5, 5.41) is 4.60. The van der Waals surface area contributed by atoms with Crippen molar-refractivity contribution in [2.24, 2.45) is 0 Å². The van der Waals surface area contributed by atoms with E-state index in [-0.39, 0.29) is 6.54 Å². The second-order valence-electron chi connectivity index (χ2n) is 8.01. The molecule has 1 aliphatic rings. The summed E-state index contributed by atoms with van der Waals surface area (Å²) in [5.74, 6) is 0. The van der Waals surface area contributed by atoms with Crippen LogP contribution in [0.15, 0.2) is 84.3 Å². The first-order valence-corrected chi connectivity index (χ1v) is 12.5. The predicted octanol–water partition coefficient (Wildman–Crippen LogP) is 3.85. The summed E-state index contributed by atoms with van der Waals surface area (Å²) in [4.78, 5) is 2.46. The van der Waals surface area contributed by atoms with Gasteiger partial charge in [-0.2, -0.15) is 0 Å². The molecule has 6 heteroatoms. The maximum absolute atomic E-state index is 12.4. The van der Waals surface area contributed by atoms with Crippen LogP contribution in [0.5, 0.6) is 0 Å². The number of rotatable bonds is 8. The van der Waals surface area contributed by atoms with E-state index in [4.69, 9.17) is 0 Å². The molecule has 0 amide bonds. The minimum atomic E-state index is -3.52. The largest absolute Gasteiger partial charge is 0.314 e. The molecule has 0 spiro atoms. The quantitative estimate of drug-likeness (QED) is 0.551. The van der Waals surface area contributed by atoms with Gasteiger partial charge in [-0.25, -0.2) is 13.1 Å². The molecule has 0 saturated carbocycles. The highest BCUT2D eigenvalue weighted by Gasteiger charge is 2.11. The monoisotopic (exact) mass is 447 g/mol. The van der Waals surface area contributed by atoms with Gasteiger partial charge in [0.1, 0.15) is 0 Å². The van der Waals surface area contributed by atoms with E-state index in [1.807, 2.05) is 48.5 Å². The third kappa shape index (κ3) is 6.61. The fourth-order valence-corrected chi connectivity index (χ4v) is 4.60. The van der Waals surface area contributed by atoms with Gasteiger partial charge in [0.25, 0.3) is 0 Å². The maximum atomic E-state index is 12.4. The van der Waals surface area contributed by atoms with Crippen LogP contribution in [0.3, 0.4) is 0 Å². The molecule has 0 radical (unpaired) electrons. The van der Waals surface area contributed by atoms with Crippen molar-refractivity contribution >= 4 is 16.1 Å². The Kier molecular flexibility index (Phi) is 7.50. The molecule has 32 heavy (non-hydrogen) atoms. The van der Waals surface area contributed by atoms with Crippen molar-refractivity contribution in [3.05, 3.63) is 101 Å². The number of nitrogens with zero attached hydrogens (tertiary/aromatic N) is 1. The second-order valence-corrected chi connectivity index (χ2v) is 9.66. The Bertz CT molecular complexity index is 1150. The Morgan fingerprint density at radius 3 is 2.22 bits per heavy atom. The van der Waals surface area contributed by atoms with Gasteiger partial charge in [-0.05, 0) is 46.0 Å². The molecule has 4 rings (SSSR count). The fourth-order valence-electron chi connectivity index (χ4n) is 3.80. The molecule has 0 atom stereocenters. The van der Waals surface area contributed by atoms with Gasteiger partial charge in [-0.1, -0.05) is 66.7 Å². The lowest BCUT2D eigenvalue weighted by molar-refractivity contribution is 0.233. The Balaban J connectivity index is 1.41. The number of hydrogen-bond donors (Lipinski definition) is 2. The summed E-state index contributed by atoms with van der Waals surface area (Å²) >= 11 is 0. The molecule has 1 aliphatic heterocycles. The van der Waals surface area contributed by atoms with E-state index in [0.717, 1.165) is 55.0 Å². The van der Waals surface area contributed by atoms with Crippen LogP contribution in [-0.2, 0) is 23.1 Å². The smallest absolute Gasteiger partial charge is 0.234 e. The second kappa shape index (κ2) is 10.7. The third-order valence-electron chi connectivity index (χ3n) is 5.52. The van der Waals surface area contributed by atoms with Gasteiger partial charge in [0, 0.05) is 44.7 Å². The zero-order chi connectivity index (χ0) is 22.2. The highest BCUT2D eigenvalue weighted by Crippen LogP contribution is 2.22. The van der Waals surface area contributed by atoms with Crippen LogP contribution in [0.2, 0.25) is 0 Å². The van der Waals surface area contributed by atoms with E-state index >= 15 is 0 Å². The molecule has 5 nitrogen and oxygen atoms in total. The summed E-state index contributed by atoms with van der Waals surface area (Å²) in [6, 6.07) is 26.0. The molecule has 166 valence electrons. The summed E-state index contributed by atoms with van der Waals surface area (Å²) in [6.45, 7) is 5.41. The number of nitrogens with one attached hydrogen (secondary N) is 2. The van der Waals surface area contributed by atoms with E-state index in [9.17, 15) is 8.42 Å². The predicted molar refractivity (Wildman–Crippen MR) is 131 cm³/mol. The maximum Gasteiger partial charge on any atom is 0.234 e. The molecule has 0 unspecified atom stereocenters. The van der Waals surface area contributed by atoms with Crippen LogP contribution >= 0.6 is 0 Å². The Labute approximate surface area is 190 Å². The van der Waals surface area contributed by atoms with Gasteiger partial charge in [-0.15, -0.1) is 0 Å². The van der Waals surface area contributed by atoms with Gasteiger partial charge in [0.15, 0.2) is 0 Å². The van der Waals surface area contributed by atoms with E-state index in [1.54, 1.807) is 6.08 Å². The number of piperazine rings is 1. The van der Waals surface area contributed by atoms with Gasteiger partial charge < -0.3 is 5.32 Å². The first-order valence-electron chi connectivity index (χ1n) is 10.9. The van der Waals surface area contributed by atoms with Crippen molar-refractivity contribution in [1.82, 2.24) is 14.9 Å². The molecule has 1 heterocycles. The summed E-state index contributed by atoms with van der Waals surface area (Å²) in [6.07, 6.45) is 1.60. The van der Waals surface area contributed by atoms with Crippen molar-refractivity contribution in [2.45, 2.75) is 13.1 Å².